The third-order valence-electron chi connectivity index (χ3n) is 2.06. The number of hydrogen-bond donors (Lipinski definition) is 0. The minimum atomic E-state index is -0.218. The topological polar surface area (TPSA) is 30.7 Å². The molecule has 14 heavy (non-hydrogen) atoms. The zero-order valence-corrected chi connectivity index (χ0v) is 7.81. The largest absolute Gasteiger partial charge is 0.320 e. The Morgan fingerprint density at radius 2 is 2.29 bits per heavy atom. The number of benzene rings is 1. The van der Waals surface area contributed by atoms with Crippen LogP contribution in [0.25, 0.3) is 0 Å². The van der Waals surface area contributed by atoms with E-state index in [4.69, 9.17) is 0 Å². The highest BCUT2D eigenvalue weighted by atomic mass is 19.1. The molecule has 0 saturated heterocycles. The minimum Gasteiger partial charge on any atom is -0.320 e. The van der Waals surface area contributed by atoms with Gasteiger partial charge in [0.1, 0.15) is 18.0 Å². The molecule has 0 aliphatic rings. The second-order valence-corrected chi connectivity index (χ2v) is 3.16. The van der Waals surface area contributed by atoms with Crippen LogP contribution < -0.4 is 0 Å². The molecule has 1 aromatic carbocycles. The molecule has 0 aliphatic heterocycles. The van der Waals surface area contributed by atoms with E-state index in [1.54, 1.807) is 12.4 Å². The summed E-state index contributed by atoms with van der Waals surface area (Å²) in [5, 5.41) is 7.69. The van der Waals surface area contributed by atoms with Gasteiger partial charge in [-0.05, 0) is 17.7 Å². The maximum atomic E-state index is 12.9. The number of nitrogens with zero attached hydrogens (tertiary/aromatic N) is 3. The van der Waals surface area contributed by atoms with Crippen LogP contribution in [0.1, 0.15) is 11.4 Å². The number of hydrogen-bond acceptors (Lipinski definition) is 2. The summed E-state index contributed by atoms with van der Waals surface area (Å²) in [5.74, 6) is 0.611. The molecule has 0 fully saturated rings. The average Bonchev–Trinajstić information content (AvgIpc) is 2.52. The predicted molar refractivity (Wildman–Crippen MR) is 50.2 cm³/mol. The monoisotopic (exact) mass is 191 g/mol. The third-order valence-corrected chi connectivity index (χ3v) is 2.06. The fourth-order valence-electron chi connectivity index (χ4n) is 1.30. The van der Waals surface area contributed by atoms with Gasteiger partial charge < -0.3 is 4.57 Å². The summed E-state index contributed by atoms with van der Waals surface area (Å²) >= 11 is 0. The van der Waals surface area contributed by atoms with Crippen molar-refractivity contribution in [3.63, 3.8) is 0 Å². The second-order valence-electron chi connectivity index (χ2n) is 3.16. The van der Waals surface area contributed by atoms with E-state index in [2.05, 4.69) is 10.2 Å². The molecule has 0 atom stereocenters. The summed E-state index contributed by atoms with van der Waals surface area (Å²) in [5.41, 5.74) is 0.904. The molecule has 0 N–H and O–H groups in total. The zero-order chi connectivity index (χ0) is 9.97. The molecule has 2 aromatic rings. The fourth-order valence-corrected chi connectivity index (χ4v) is 1.30. The Balaban J connectivity index is 2.23. The summed E-state index contributed by atoms with van der Waals surface area (Å²) in [6, 6.07) is 6.51. The molecule has 0 aliphatic carbocycles. The molecule has 3 nitrogen and oxygen atoms in total. The Labute approximate surface area is 81.2 Å². The van der Waals surface area contributed by atoms with Crippen LogP contribution in [0.4, 0.5) is 4.39 Å². The molecule has 0 saturated carbocycles. The van der Waals surface area contributed by atoms with Crippen molar-refractivity contribution < 1.29 is 4.39 Å². The molecular weight excluding hydrogens is 181 g/mol. The average molecular weight is 191 g/mol. The molecule has 0 amide bonds. The Kier molecular flexibility index (Phi) is 2.26. The fraction of sp³-hybridized carbons (Fsp3) is 0.200. The standard InChI is InChI=1S/C10H10FN3/c1-14-7-12-13-10(14)6-8-3-2-4-9(11)5-8/h2-5,7H,6H2,1H3. The van der Waals surface area contributed by atoms with Crippen molar-refractivity contribution >= 4 is 0 Å². The molecule has 0 radical (unpaired) electrons. The van der Waals surface area contributed by atoms with Gasteiger partial charge in [-0.2, -0.15) is 0 Å². The molecule has 1 aromatic heterocycles. The van der Waals surface area contributed by atoms with Gasteiger partial charge in [0.15, 0.2) is 0 Å². The first-order valence-corrected chi connectivity index (χ1v) is 4.33. The van der Waals surface area contributed by atoms with Crippen LogP contribution in [0.15, 0.2) is 30.6 Å². The van der Waals surface area contributed by atoms with Crippen LogP contribution in [0, 0.1) is 5.82 Å². The minimum absolute atomic E-state index is 0.218. The highest BCUT2D eigenvalue weighted by Crippen LogP contribution is 2.07. The summed E-state index contributed by atoms with van der Waals surface area (Å²) in [6.45, 7) is 0. The van der Waals surface area contributed by atoms with Gasteiger partial charge >= 0.3 is 0 Å². The highest BCUT2D eigenvalue weighted by molar-refractivity contribution is 5.19. The summed E-state index contributed by atoms with van der Waals surface area (Å²) in [7, 11) is 1.87. The smallest absolute Gasteiger partial charge is 0.136 e. The zero-order valence-electron chi connectivity index (χ0n) is 7.81. The molecular formula is C10H10FN3. The highest BCUT2D eigenvalue weighted by Gasteiger charge is 2.02. The van der Waals surface area contributed by atoms with E-state index in [1.807, 2.05) is 17.7 Å². The summed E-state index contributed by atoms with van der Waals surface area (Å²) in [4.78, 5) is 0. The predicted octanol–water partition coefficient (Wildman–Crippen LogP) is 1.54. The van der Waals surface area contributed by atoms with Gasteiger partial charge in [0.25, 0.3) is 0 Å². The van der Waals surface area contributed by atoms with Gasteiger partial charge in [0.2, 0.25) is 0 Å². The lowest BCUT2D eigenvalue weighted by Crippen LogP contribution is -1.98. The van der Waals surface area contributed by atoms with Gasteiger partial charge in [-0.1, -0.05) is 12.1 Å². The summed E-state index contributed by atoms with van der Waals surface area (Å²) < 4.78 is 14.7. The summed E-state index contributed by atoms with van der Waals surface area (Å²) in [6.07, 6.45) is 2.24. The van der Waals surface area contributed by atoms with E-state index < -0.39 is 0 Å². The van der Waals surface area contributed by atoms with Crippen molar-refractivity contribution in [1.29, 1.82) is 0 Å². The lowest BCUT2D eigenvalue weighted by Gasteiger charge is -2.00. The van der Waals surface area contributed by atoms with E-state index in [1.165, 1.54) is 12.1 Å². The van der Waals surface area contributed by atoms with E-state index in [0.29, 0.717) is 6.42 Å². The molecule has 4 heteroatoms. The molecule has 2 rings (SSSR count). The van der Waals surface area contributed by atoms with Gasteiger partial charge in [-0.25, -0.2) is 4.39 Å². The SMILES string of the molecule is Cn1cnnc1Cc1cccc(F)c1. The van der Waals surface area contributed by atoms with E-state index >= 15 is 0 Å². The molecule has 0 spiro atoms. The van der Waals surface area contributed by atoms with E-state index in [0.717, 1.165) is 11.4 Å². The first kappa shape index (κ1) is 8.87. The van der Waals surface area contributed by atoms with Crippen molar-refractivity contribution in [2.24, 2.45) is 7.05 Å². The van der Waals surface area contributed by atoms with Crippen LogP contribution in [0.5, 0.6) is 0 Å². The Morgan fingerprint density at radius 1 is 1.43 bits per heavy atom. The third kappa shape index (κ3) is 1.79. The van der Waals surface area contributed by atoms with Gasteiger partial charge in [0, 0.05) is 13.5 Å². The van der Waals surface area contributed by atoms with E-state index in [9.17, 15) is 4.39 Å². The van der Waals surface area contributed by atoms with Crippen molar-refractivity contribution in [1.82, 2.24) is 14.8 Å². The molecule has 72 valence electrons. The lowest BCUT2D eigenvalue weighted by molar-refractivity contribution is 0.625. The first-order chi connectivity index (χ1) is 6.75. The van der Waals surface area contributed by atoms with Gasteiger partial charge in [-0.3, -0.25) is 0 Å². The number of halogens is 1. The van der Waals surface area contributed by atoms with Crippen molar-refractivity contribution in [3.05, 3.63) is 47.8 Å². The van der Waals surface area contributed by atoms with Crippen LogP contribution in [0.3, 0.4) is 0 Å². The van der Waals surface area contributed by atoms with E-state index in [-0.39, 0.29) is 5.82 Å². The van der Waals surface area contributed by atoms with Crippen LogP contribution >= 0.6 is 0 Å². The normalized spacial score (nSPS) is 10.4. The Hall–Kier alpha value is -1.71. The van der Waals surface area contributed by atoms with Crippen molar-refractivity contribution in [2.75, 3.05) is 0 Å². The van der Waals surface area contributed by atoms with Crippen LogP contribution in [-0.4, -0.2) is 14.8 Å². The van der Waals surface area contributed by atoms with Crippen molar-refractivity contribution in [3.8, 4) is 0 Å². The quantitative estimate of drug-likeness (QED) is 0.721. The van der Waals surface area contributed by atoms with Gasteiger partial charge in [-0.15, -0.1) is 10.2 Å². The number of aryl methyl sites for hydroxylation is 1. The number of rotatable bonds is 2. The number of aromatic nitrogens is 3. The maximum absolute atomic E-state index is 12.9. The maximum Gasteiger partial charge on any atom is 0.136 e. The Bertz CT molecular complexity index is 436. The second kappa shape index (κ2) is 3.57. The lowest BCUT2D eigenvalue weighted by atomic mass is 10.1. The molecule has 1 heterocycles. The van der Waals surface area contributed by atoms with Gasteiger partial charge in [0.05, 0.1) is 0 Å². The first-order valence-electron chi connectivity index (χ1n) is 4.33. The van der Waals surface area contributed by atoms with Crippen molar-refractivity contribution in [2.45, 2.75) is 6.42 Å². The Morgan fingerprint density at radius 3 is 2.93 bits per heavy atom. The van der Waals surface area contributed by atoms with Crippen LogP contribution in [0.2, 0.25) is 0 Å². The van der Waals surface area contributed by atoms with Crippen LogP contribution in [-0.2, 0) is 13.5 Å². The molecule has 0 unspecified atom stereocenters. The molecule has 0 bridgehead atoms.